The number of piperidine rings is 1. The van der Waals surface area contributed by atoms with Crippen LogP contribution in [0.5, 0.6) is 0 Å². The summed E-state index contributed by atoms with van der Waals surface area (Å²) in [6.07, 6.45) is 6.74. The molecular formula is C21H26N4O2. The minimum Gasteiger partial charge on any atom is -0.340 e. The first kappa shape index (κ1) is 16.8. The van der Waals surface area contributed by atoms with E-state index in [1.54, 1.807) is 0 Å². The Hall–Kier alpha value is -2.37. The third-order valence-corrected chi connectivity index (χ3v) is 6.39. The molecule has 4 aliphatic rings. The SMILES string of the molecule is O=C(CCn1cnc2ccccc21)N1C[C@@H]2CC[C@H](C1)N(CC1CC1)C2=O. The molecule has 3 aliphatic heterocycles. The Morgan fingerprint density at radius 2 is 1.96 bits per heavy atom. The second kappa shape index (κ2) is 6.66. The maximum absolute atomic E-state index is 12.9. The number of imidazole rings is 1. The molecule has 1 saturated carbocycles. The molecule has 0 unspecified atom stereocenters. The zero-order chi connectivity index (χ0) is 18.4. The first-order chi connectivity index (χ1) is 13.2. The molecule has 1 aromatic heterocycles. The van der Waals surface area contributed by atoms with Gasteiger partial charge in [-0.25, -0.2) is 4.98 Å². The molecule has 1 aliphatic carbocycles. The molecule has 6 nitrogen and oxygen atoms in total. The van der Waals surface area contributed by atoms with Gasteiger partial charge >= 0.3 is 0 Å². The van der Waals surface area contributed by atoms with Gasteiger partial charge in [0.2, 0.25) is 11.8 Å². The van der Waals surface area contributed by atoms with Crippen molar-refractivity contribution in [2.24, 2.45) is 11.8 Å². The van der Waals surface area contributed by atoms with Gasteiger partial charge in [-0.05, 0) is 43.7 Å². The van der Waals surface area contributed by atoms with Crippen molar-refractivity contribution in [3.8, 4) is 0 Å². The molecule has 1 aromatic carbocycles. The predicted molar refractivity (Wildman–Crippen MR) is 102 cm³/mol. The van der Waals surface area contributed by atoms with Gasteiger partial charge in [0, 0.05) is 38.6 Å². The highest BCUT2D eigenvalue weighted by molar-refractivity contribution is 5.83. The molecule has 6 heteroatoms. The van der Waals surface area contributed by atoms with E-state index in [4.69, 9.17) is 0 Å². The molecule has 3 saturated heterocycles. The summed E-state index contributed by atoms with van der Waals surface area (Å²) >= 11 is 0. The van der Waals surface area contributed by atoms with E-state index in [-0.39, 0.29) is 23.8 Å². The van der Waals surface area contributed by atoms with Crippen molar-refractivity contribution in [1.82, 2.24) is 19.4 Å². The number of amides is 2. The highest BCUT2D eigenvalue weighted by Gasteiger charge is 2.43. The summed E-state index contributed by atoms with van der Waals surface area (Å²) in [4.78, 5) is 34.2. The average Bonchev–Trinajstić information content (AvgIpc) is 3.46. The number of aryl methyl sites for hydroxylation is 1. The lowest BCUT2D eigenvalue weighted by atomic mass is 9.94. The lowest BCUT2D eigenvalue weighted by molar-refractivity contribution is -0.140. The topological polar surface area (TPSA) is 58.4 Å². The van der Waals surface area contributed by atoms with E-state index in [2.05, 4.69) is 9.88 Å². The van der Waals surface area contributed by atoms with Crippen molar-refractivity contribution in [1.29, 1.82) is 0 Å². The number of rotatable bonds is 5. The number of aromatic nitrogens is 2. The minimum atomic E-state index is 0.000486. The van der Waals surface area contributed by atoms with Crippen LogP contribution in [0, 0.1) is 11.8 Å². The number of nitrogens with zero attached hydrogens (tertiary/aromatic N) is 4. The standard InChI is InChI=1S/C21H26N4O2/c26-20(9-10-23-14-22-18-3-1-2-4-19(18)23)24-12-16-7-8-17(13-24)25(21(16)27)11-15-5-6-15/h1-4,14-17H,5-13H2/t16-,17+/m0/s1. The summed E-state index contributed by atoms with van der Waals surface area (Å²) < 4.78 is 2.05. The Morgan fingerprint density at radius 3 is 2.81 bits per heavy atom. The van der Waals surface area contributed by atoms with E-state index in [9.17, 15) is 9.59 Å². The second-order valence-corrected chi connectivity index (χ2v) is 8.34. The van der Waals surface area contributed by atoms with Gasteiger partial charge in [-0.2, -0.15) is 0 Å². The van der Waals surface area contributed by atoms with Gasteiger partial charge in [0.15, 0.2) is 0 Å². The van der Waals surface area contributed by atoms with E-state index in [0.29, 0.717) is 32.0 Å². The maximum atomic E-state index is 12.9. The van der Waals surface area contributed by atoms with Crippen molar-refractivity contribution in [3.63, 3.8) is 0 Å². The number of para-hydroxylation sites is 2. The molecule has 0 spiro atoms. The monoisotopic (exact) mass is 366 g/mol. The van der Waals surface area contributed by atoms with Crippen molar-refractivity contribution in [3.05, 3.63) is 30.6 Å². The molecule has 0 radical (unpaired) electrons. The van der Waals surface area contributed by atoms with E-state index in [1.165, 1.54) is 12.8 Å². The Labute approximate surface area is 159 Å². The summed E-state index contributed by atoms with van der Waals surface area (Å²) in [5, 5.41) is 0. The molecule has 4 fully saturated rings. The van der Waals surface area contributed by atoms with Crippen LogP contribution in [0.2, 0.25) is 0 Å². The van der Waals surface area contributed by atoms with Crippen LogP contribution in [0.4, 0.5) is 0 Å². The van der Waals surface area contributed by atoms with Crippen molar-refractivity contribution in [2.75, 3.05) is 19.6 Å². The van der Waals surface area contributed by atoms with Crippen LogP contribution in [0.15, 0.2) is 30.6 Å². The molecule has 0 N–H and O–H groups in total. The molecule has 27 heavy (non-hydrogen) atoms. The number of hydrogen-bond acceptors (Lipinski definition) is 3. The first-order valence-corrected chi connectivity index (χ1v) is 10.2. The van der Waals surface area contributed by atoms with Crippen LogP contribution >= 0.6 is 0 Å². The summed E-state index contributed by atoms with van der Waals surface area (Å²) in [7, 11) is 0. The van der Waals surface area contributed by atoms with Gasteiger partial charge in [-0.3, -0.25) is 9.59 Å². The van der Waals surface area contributed by atoms with Crippen LogP contribution in [0.25, 0.3) is 11.0 Å². The summed E-state index contributed by atoms with van der Waals surface area (Å²) in [6, 6.07) is 8.21. The van der Waals surface area contributed by atoms with Crippen LogP contribution < -0.4 is 0 Å². The van der Waals surface area contributed by atoms with Gasteiger partial charge in [-0.15, -0.1) is 0 Å². The van der Waals surface area contributed by atoms with Crippen molar-refractivity contribution >= 4 is 22.8 Å². The van der Waals surface area contributed by atoms with Crippen molar-refractivity contribution in [2.45, 2.75) is 44.7 Å². The Kier molecular flexibility index (Phi) is 4.14. The number of fused-ring (bicyclic) bond motifs is 5. The fraction of sp³-hybridized carbons (Fsp3) is 0.571. The third-order valence-electron chi connectivity index (χ3n) is 6.39. The quantitative estimate of drug-likeness (QED) is 0.816. The molecule has 4 heterocycles. The molecule has 2 aromatic rings. The zero-order valence-electron chi connectivity index (χ0n) is 15.6. The lowest BCUT2D eigenvalue weighted by Gasteiger charge is -2.36. The molecule has 2 atom stereocenters. The molecule has 2 amide bonds. The number of carbonyl (C=O) groups is 2. The predicted octanol–water partition coefficient (Wildman–Crippen LogP) is 2.29. The van der Waals surface area contributed by atoms with Crippen molar-refractivity contribution < 1.29 is 9.59 Å². The van der Waals surface area contributed by atoms with E-state index in [0.717, 1.165) is 30.4 Å². The largest absolute Gasteiger partial charge is 0.340 e. The van der Waals surface area contributed by atoms with Crippen LogP contribution in [-0.2, 0) is 16.1 Å². The lowest BCUT2D eigenvalue weighted by Crippen LogP contribution is -2.48. The fourth-order valence-corrected chi connectivity index (χ4v) is 4.63. The number of hydrogen-bond donors (Lipinski definition) is 0. The average molecular weight is 366 g/mol. The summed E-state index contributed by atoms with van der Waals surface area (Å²) in [5.74, 6) is 1.15. The highest BCUT2D eigenvalue weighted by atomic mass is 16.2. The van der Waals surface area contributed by atoms with Crippen LogP contribution in [0.1, 0.15) is 32.1 Å². The third kappa shape index (κ3) is 3.22. The minimum absolute atomic E-state index is 0.000486. The maximum Gasteiger partial charge on any atom is 0.227 e. The van der Waals surface area contributed by atoms with E-state index in [1.807, 2.05) is 40.1 Å². The highest BCUT2D eigenvalue weighted by Crippen LogP contribution is 2.35. The van der Waals surface area contributed by atoms with Gasteiger partial charge in [0.1, 0.15) is 0 Å². The van der Waals surface area contributed by atoms with E-state index < -0.39 is 0 Å². The second-order valence-electron chi connectivity index (χ2n) is 8.34. The normalized spacial score (nSPS) is 25.3. The van der Waals surface area contributed by atoms with Gasteiger partial charge < -0.3 is 14.4 Å². The smallest absolute Gasteiger partial charge is 0.227 e. The van der Waals surface area contributed by atoms with Gasteiger partial charge in [0.25, 0.3) is 0 Å². The fourth-order valence-electron chi connectivity index (χ4n) is 4.63. The van der Waals surface area contributed by atoms with E-state index >= 15 is 0 Å². The summed E-state index contributed by atoms with van der Waals surface area (Å²) in [5.41, 5.74) is 2.02. The molecule has 2 bridgehead atoms. The Balaban J connectivity index is 1.26. The Morgan fingerprint density at radius 1 is 1.11 bits per heavy atom. The van der Waals surface area contributed by atoms with Gasteiger partial charge in [-0.1, -0.05) is 12.1 Å². The zero-order valence-corrected chi connectivity index (χ0v) is 15.6. The summed E-state index contributed by atoms with van der Waals surface area (Å²) in [6.45, 7) is 2.84. The van der Waals surface area contributed by atoms with Crippen LogP contribution in [-0.4, -0.2) is 56.8 Å². The first-order valence-electron chi connectivity index (χ1n) is 10.2. The molecule has 142 valence electrons. The Bertz CT molecular complexity index is 872. The van der Waals surface area contributed by atoms with Gasteiger partial charge in [0.05, 0.1) is 23.3 Å². The molecule has 6 rings (SSSR count). The molecular weight excluding hydrogens is 340 g/mol. The number of carbonyl (C=O) groups excluding carboxylic acids is 2. The number of benzene rings is 1. The van der Waals surface area contributed by atoms with Crippen LogP contribution in [0.3, 0.4) is 0 Å².